The molecule has 0 saturated carbocycles. The van der Waals surface area contributed by atoms with Gasteiger partial charge in [0.15, 0.2) is 0 Å². The average Bonchev–Trinajstić information content (AvgIpc) is 2.61. The maximum absolute atomic E-state index is 9.72. The third-order valence-corrected chi connectivity index (χ3v) is 3.45. The molecule has 4 heteroatoms. The second kappa shape index (κ2) is 7.33. The topological polar surface area (TPSA) is 62.1 Å². The van der Waals surface area contributed by atoms with E-state index in [0.29, 0.717) is 12.2 Å². The van der Waals surface area contributed by atoms with Crippen molar-refractivity contribution in [2.45, 2.75) is 6.61 Å². The van der Waals surface area contributed by atoms with Crippen LogP contribution in [0, 0.1) is 0 Å². The van der Waals surface area contributed by atoms with Crippen molar-refractivity contribution in [3.05, 3.63) is 83.9 Å². The van der Waals surface area contributed by atoms with Crippen LogP contribution in [0.2, 0.25) is 0 Å². The summed E-state index contributed by atoms with van der Waals surface area (Å²) in [5.74, 6) is 0.774. The Hall–Kier alpha value is -3.27. The summed E-state index contributed by atoms with van der Waals surface area (Å²) in [7, 11) is 0. The van der Waals surface area contributed by atoms with Crippen molar-refractivity contribution in [3.63, 3.8) is 0 Å². The summed E-state index contributed by atoms with van der Waals surface area (Å²) in [4.78, 5) is 4.30. The van der Waals surface area contributed by atoms with Crippen LogP contribution in [-0.4, -0.2) is 16.4 Å². The quantitative estimate of drug-likeness (QED) is 0.684. The Kier molecular flexibility index (Phi) is 4.77. The molecule has 0 saturated heterocycles. The summed E-state index contributed by atoms with van der Waals surface area (Å²) in [6, 6.07) is 21.7. The Labute approximate surface area is 140 Å². The number of aromatic hydroxyl groups is 2. The van der Waals surface area contributed by atoms with Gasteiger partial charge in [-0.15, -0.1) is 0 Å². The van der Waals surface area contributed by atoms with Crippen molar-refractivity contribution in [2.24, 2.45) is 4.99 Å². The highest BCUT2D eigenvalue weighted by Crippen LogP contribution is 2.23. The summed E-state index contributed by atoms with van der Waals surface area (Å²) >= 11 is 0. The molecule has 0 atom stereocenters. The summed E-state index contributed by atoms with van der Waals surface area (Å²) < 4.78 is 5.72. The molecule has 4 nitrogen and oxygen atoms in total. The van der Waals surface area contributed by atoms with Crippen LogP contribution >= 0.6 is 0 Å². The second-order valence-electron chi connectivity index (χ2n) is 5.27. The number of ether oxygens (including phenoxy) is 1. The fourth-order valence-electron chi connectivity index (χ4n) is 2.15. The smallest absolute Gasteiger partial charge is 0.128 e. The molecule has 0 amide bonds. The summed E-state index contributed by atoms with van der Waals surface area (Å²) in [6.07, 6.45) is 1.55. The molecule has 24 heavy (non-hydrogen) atoms. The lowest BCUT2D eigenvalue weighted by atomic mass is 10.2. The number of phenolic OH excluding ortho intramolecular Hbond substituents is 2. The molecule has 0 fully saturated rings. The number of rotatable bonds is 5. The van der Waals surface area contributed by atoms with Gasteiger partial charge in [0.2, 0.25) is 0 Å². The zero-order chi connectivity index (χ0) is 16.8. The molecule has 3 rings (SSSR count). The van der Waals surface area contributed by atoms with Crippen LogP contribution in [0.25, 0.3) is 0 Å². The van der Waals surface area contributed by atoms with E-state index in [4.69, 9.17) is 4.74 Å². The van der Waals surface area contributed by atoms with E-state index in [2.05, 4.69) is 4.99 Å². The molecule has 0 radical (unpaired) electrons. The summed E-state index contributed by atoms with van der Waals surface area (Å²) in [5, 5.41) is 19.0. The fraction of sp³-hybridized carbons (Fsp3) is 0.0500. The third kappa shape index (κ3) is 4.14. The monoisotopic (exact) mass is 319 g/mol. The predicted octanol–water partition coefficient (Wildman–Crippen LogP) is 4.43. The lowest BCUT2D eigenvalue weighted by Crippen LogP contribution is -1.94. The molecule has 3 aromatic carbocycles. The zero-order valence-electron chi connectivity index (χ0n) is 13.0. The zero-order valence-corrected chi connectivity index (χ0v) is 13.0. The first kappa shape index (κ1) is 15.6. The molecule has 0 unspecified atom stereocenters. The minimum atomic E-state index is -0.0124. The molecule has 0 bridgehead atoms. The second-order valence-corrected chi connectivity index (χ2v) is 5.27. The highest BCUT2D eigenvalue weighted by Gasteiger charge is 2.00. The average molecular weight is 319 g/mol. The van der Waals surface area contributed by atoms with Gasteiger partial charge in [-0.05, 0) is 42.0 Å². The minimum Gasteiger partial charge on any atom is -0.508 e. The van der Waals surface area contributed by atoms with Gasteiger partial charge in [0.05, 0.1) is 5.69 Å². The molecule has 0 aliphatic carbocycles. The van der Waals surface area contributed by atoms with Crippen LogP contribution in [0.5, 0.6) is 17.2 Å². The Bertz CT molecular complexity index is 827. The van der Waals surface area contributed by atoms with Crippen molar-refractivity contribution in [3.8, 4) is 17.2 Å². The van der Waals surface area contributed by atoms with Gasteiger partial charge in [0.25, 0.3) is 0 Å². The Morgan fingerprint density at radius 2 is 1.62 bits per heavy atom. The first-order chi connectivity index (χ1) is 11.7. The van der Waals surface area contributed by atoms with E-state index in [1.165, 1.54) is 12.1 Å². The third-order valence-electron chi connectivity index (χ3n) is 3.45. The number of phenols is 2. The van der Waals surface area contributed by atoms with Crippen LogP contribution in [-0.2, 0) is 6.61 Å². The minimum absolute atomic E-state index is 0.0124. The van der Waals surface area contributed by atoms with E-state index in [9.17, 15) is 10.2 Å². The Morgan fingerprint density at radius 1 is 0.875 bits per heavy atom. The van der Waals surface area contributed by atoms with Crippen molar-refractivity contribution in [1.29, 1.82) is 0 Å². The molecular weight excluding hydrogens is 302 g/mol. The molecule has 3 aromatic rings. The highest BCUT2D eigenvalue weighted by atomic mass is 16.5. The first-order valence-electron chi connectivity index (χ1n) is 7.53. The van der Waals surface area contributed by atoms with Gasteiger partial charge >= 0.3 is 0 Å². The predicted molar refractivity (Wildman–Crippen MR) is 94.2 cm³/mol. The standard InChI is InChI=1S/C20H17NO3/c22-18-9-6-16(20(23)12-18)13-21-17-7-10-19(11-8-17)24-14-15-4-2-1-3-5-15/h1-13,22-23H,14H2. The Morgan fingerprint density at radius 3 is 2.33 bits per heavy atom. The lowest BCUT2D eigenvalue weighted by Gasteiger charge is -2.06. The fourth-order valence-corrected chi connectivity index (χ4v) is 2.15. The summed E-state index contributed by atoms with van der Waals surface area (Å²) in [5.41, 5.74) is 2.40. The van der Waals surface area contributed by atoms with E-state index in [-0.39, 0.29) is 11.5 Å². The lowest BCUT2D eigenvalue weighted by molar-refractivity contribution is 0.306. The van der Waals surface area contributed by atoms with Crippen molar-refractivity contribution < 1.29 is 14.9 Å². The normalized spacial score (nSPS) is 10.8. The number of hydrogen-bond acceptors (Lipinski definition) is 4. The van der Waals surface area contributed by atoms with E-state index in [1.807, 2.05) is 54.6 Å². The molecule has 120 valence electrons. The maximum atomic E-state index is 9.72. The molecular formula is C20H17NO3. The van der Waals surface area contributed by atoms with Gasteiger partial charge < -0.3 is 14.9 Å². The molecule has 0 aliphatic rings. The maximum Gasteiger partial charge on any atom is 0.128 e. The van der Waals surface area contributed by atoms with Crippen LogP contribution in [0.4, 0.5) is 5.69 Å². The van der Waals surface area contributed by atoms with Gasteiger partial charge in [-0.3, -0.25) is 4.99 Å². The highest BCUT2D eigenvalue weighted by molar-refractivity contribution is 5.85. The van der Waals surface area contributed by atoms with Crippen LogP contribution in [0.15, 0.2) is 77.8 Å². The van der Waals surface area contributed by atoms with Gasteiger partial charge in [-0.25, -0.2) is 0 Å². The van der Waals surface area contributed by atoms with Crippen LogP contribution < -0.4 is 4.74 Å². The molecule has 2 N–H and O–H groups in total. The molecule has 0 aliphatic heterocycles. The van der Waals surface area contributed by atoms with Crippen molar-refractivity contribution in [1.82, 2.24) is 0 Å². The van der Waals surface area contributed by atoms with Gasteiger partial charge in [-0.1, -0.05) is 30.3 Å². The van der Waals surface area contributed by atoms with Crippen LogP contribution in [0.1, 0.15) is 11.1 Å². The van der Waals surface area contributed by atoms with Gasteiger partial charge in [-0.2, -0.15) is 0 Å². The van der Waals surface area contributed by atoms with Gasteiger partial charge in [0, 0.05) is 17.8 Å². The van der Waals surface area contributed by atoms with E-state index in [1.54, 1.807) is 12.3 Å². The molecule has 0 spiro atoms. The van der Waals surface area contributed by atoms with Gasteiger partial charge in [0.1, 0.15) is 23.9 Å². The van der Waals surface area contributed by atoms with Crippen molar-refractivity contribution in [2.75, 3.05) is 0 Å². The number of hydrogen-bond donors (Lipinski definition) is 2. The first-order valence-corrected chi connectivity index (χ1v) is 7.53. The molecule has 0 heterocycles. The van der Waals surface area contributed by atoms with Crippen LogP contribution in [0.3, 0.4) is 0 Å². The van der Waals surface area contributed by atoms with E-state index in [0.717, 1.165) is 17.0 Å². The van der Waals surface area contributed by atoms with Crippen molar-refractivity contribution >= 4 is 11.9 Å². The summed E-state index contributed by atoms with van der Waals surface area (Å²) in [6.45, 7) is 0.519. The van der Waals surface area contributed by atoms with E-state index >= 15 is 0 Å². The number of nitrogens with zero attached hydrogens (tertiary/aromatic N) is 1. The largest absolute Gasteiger partial charge is 0.508 e. The molecule has 0 aromatic heterocycles. The number of benzene rings is 3. The Balaban J connectivity index is 1.63. The van der Waals surface area contributed by atoms with E-state index < -0.39 is 0 Å². The SMILES string of the molecule is Oc1ccc(C=Nc2ccc(OCc3ccccc3)cc2)c(O)c1. The number of aliphatic imine (C=N–C) groups is 1.